The van der Waals surface area contributed by atoms with Gasteiger partial charge in [-0.05, 0) is 58.0 Å². The lowest BCUT2D eigenvalue weighted by Crippen LogP contribution is -2.40. The Kier molecular flexibility index (Phi) is 8.79. The number of carbonyl (C=O) groups is 2. The van der Waals surface area contributed by atoms with Gasteiger partial charge in [0.25, 0.3) is 0 Å². The fourth-order valence-electron chi connectivity index (χ4n) is 4.68. The molecule has 0 radical (unpaired) electrons. The van der Waals surface area contributed by atoms with E-state index < -0.39 is 0 Å². The van der Waals surface area contributed by atoms with Crippen LogP contribution in [0.25, 0.3) is 11.3 Å². The molecular weight excluding hydrogens is 446 g/mol. The van der Waals surface area contributed by atoms with E-state index in [2.05, 4.69) is 22.2 Å². The van der Waals surface area contributed by atoms with Crippen LogP contribution in [0.5, 0.6) is 11.5 Å². The molecular formula is C27H37N3O5. The maximum absolute atomic E-state index is 13.1. The average molecular weight is 484 g/mol. The summed E-state index contributed by atoms with van der Waals surface area (Å²) in [5, 5.41) is 3.22. The molecule has 2 aliphatic rings. The number of ketones is 1. The van der Waals surface area contributed by atoms with Crippen molar-refractivity contribution in [2.45, 2.75) is 64.3 Å². The molecule has 190 valence electrons. The van der Waals surface area contributed by atoms with Crippen LogP contribution in [0, 0.1) is 5.92 Å². The molecule has 0 bridgehead atoms. The molecule has 2 aromatic rings. The van der Waals surface area contributed by atoms with E-state index in [0.29, 0.717) is 61.4 Å². The van der Waals surface area contributed by atoms with Gasteiger partial charge in [-0.15, -0.1) is 0 Å². The Bertz CT molecular complexity index is 996. The Labute approximate surface area is 207 Å². The number of benzene rings is 1. The predicted octanol–water partition coefficient (Wildman–Crippen LogP) is 4.54. The van der Waals surface area contributed by atoms with Crippen LogP contribution in [0.1, 0.15) is 70.2 Å². The smallest absolute Gasteiger partial charge is 0.223 e. The van der Waals surface area contributed by atoms with Gasteiger partial charge in [-0.25, -0.2) is 4.98 Å². The van der Waals surface area contributed by atoms with E-state index in [0.717, 1.165) is 50.8 Å². The van der Waals surface area contributed by atoms with Gasteiger partial charge < -0.3 is 24.1 Å². The minimum atomic E-state index is -0.311. The Hall–Kier alpha value is -2.87. The number of oxazole rings is 1. The van der Waals surface area contributed by atoms with Crippen molar-refractivity contribution in [3.05, 3.63) is 30.3 Å². The normalized spacial score (nSPS) is 17.2. The largest absolute Gasteiger partial charge is 0.486 e. The summed E-state index contributed by atoms with van der Waals surface area (Å²) in [7, 11) is 2.09. The third-order valence-corrected chi connectivity index (χ3v) is 6.90. The Morgan fingerprint density at radius 3 is 2.74 bits per heavy atom. The van der Waals surface area contributed by atoms with Crippen LogP contribution in [0.2, 0.25) is 0 Å². The highest BCUT2D eigenvalue weighted by molar-refractivity contribution is 5.79. The van der Waals surface area contributed by atoms with Crippen molar-refractivity contribution in [2.75, 3.05) is 33.4 Å². The van der Waals surface area contributed by atoms with E-state index in [-0.39, 0.29) is 17.9 Å². The molecule has 8 heteroatoms. The van der Waals surface area contributed by atoms with Gasteiger partial charge in [-0.1, -0.05) is 25.8 Å². The molecule has 3 heterocycles. The number of nitrogens with one attached hydrogen (secondary N) is 1. The van der Waals surface area contributed by atoms with E-state index in [1.54, 1.807) is 6.20 Å². The molecule has 8 nitrogen and oxygen atoms in total. The number of para-hydroxylation sites is 1. The van der Waals surface area contributed by atoms with Gasteiger partial charge in [0, 0.05) is 18.8 Å². The predicted molar refractivity (Wildman–Crippen MR) is 132 cm³/mol. The van der Waals surface area contributed by atoms with E-state index in [1.807, 2.05) is 25.1 Å². The van der Waals surface area contributed by atoms with E-state index in [4.69, 9.17) is 13.9 Å². The van der Waals surface area contributed by atoms with Gasteiger partial charge in [0.2, 0.25) is 11.8 Å². The van der Waals surface area contributed by atoms with Gasteiger partial charge in [0.15, 0.2) is 17.3 Å². The lowest BCUT2D eigenvalue weighted by molar-refractivity contribution is -0.127. The molecule has 1 unspecified atom stereocenters. The SMILES string of the molecule is CCC(=O)CCCCCC(NC(=O)C1CCN(C)CC1)c1ncc(-c2cccc3c2OCCO3)o1. The van der Waals surface area contributed by atoms with Crippen molar-refractivity contribution in [2.24, 2.45) is 5.92 Å². The first-order valence-corrected chi connectivity index (χ1v) is 12.9. The molecule has 1 fully saturated rings. The summed E-state index contributed by atoms with van der Waals surface area (Å²) in [6.45, 7) is 4.77. The first-order valence-electron chi connectivity index (χ1n) is 12.9. The number of Topliss-reactive ketones (excluding diaryl/α,β-unsaturated/α-hetero) is 1. The van der Waals surface area contributed by atoms with Crippen LogP contribution in [0.15, 0.2) is 28.8 Å². The van der Waals surface area contributed by atoms with Crippen molar-refractivity contribution in [1.82, 2.24) is 15.2 Å². The lowest BCUT2D eigenvalue weighted by atomic mass is 9.95. The molecule has 2 aliphatic heterocycles. The van der Waals surface area contributed by atoms with Gasteiger partial charge in [0.05, 0.1) is 11.8 Å². The quantitative estimate of drug-likeness (QED) is 0.469. The van der Waals surface area contributed by atoms with Crippen LogP contribution < -0.4 is 14.8 Å². The molecule has 4 rings (SSSR count). The highest BCUT2D eigenvalue weighted by Crippen LogP contribution is 2.40. The number of carbonyl (C=O) groups excluding carboxylic acids is 2. The zero-order valence-corrected chi connectivity index (χ0v) is 20.9. The van der Waals surface area contributed by atoms with Gasteiger partial charge in [0.1, 0.15) is 25.0 Å². The number of ether oxygens (including phenoxy) is 2. The minimum Gasteiger partial charge on any atom is -0.486 e. The first kappa shape index (κ1) is 25.2. The number of likely N-dealkylation sites (tertiary alicyclic amines) is 1. The highest BCUT2D eigenvalue weighted by Gasteiger charge is 2.28. The second-order valence-corrected chi connectivity index (χ2v) is 9.52. The van der Waals surface area contributed by atoms with E-state index in [1.165, 1.54) is 0 Å². The fourth-order valence-corrected chi connectivity index (χ4v) is 4.68. The zero-order valence-electron chi connectivity index (χ0n) is 20.9. The summed E-state index contributed by atoms with van der Waals surface area (Å²) in [6, 6.07) is 5.40. The summed E-state index contributed by atoms with van der Waals surface area (Å²) < 4.78 is 17.7. The van der Waals surface area contributed by atoms with Crippen LogP contribution in [0.4, 0.5) is 0 Å². The van der Waals surface area contributed by atoms with Crippen molar-refractivity contribution >= 4 is 11.7 Å². The maximum Gasteiger partial charge on any atom is 0.223 e. The minimum absolute atomic E-state index is 0.0111. The van der Waals surface area contributed by atoms with Crippen LogP contribution in [-0.4, -0.2) is 54.9 Å². The second kappa shape index (κ2) is 12.2. The first-order chi connectivity index (χ1) is 17.0. The number of piperidine rings is 1. The Morgan fingerprint density at radius 1 is 1.14 bits per heavy atom. The third-order valence-electron chi connectivity index (χ3n) is 6.90. The number of fused-ring (bicyclic) bond motifs is 1. The van der Waals surface area contributed by atoms with Crippen molar-refractivity contribution in [1.29, 1.82) is 0 Å². The second-order valence-electron chi connectivity index (χ2n) is 9.52. The summed E-state index contributed by atoms with van der Waals surface area (Å²) in [5.74, 6) is 2.82. The third kappa shape index (κ3) is 6.63. The fraction of sp³-hybridized carbons (Fsp3) is 0.593. The lowest BCUT2D eigenvalue weighted by Gasteiger charge is -2.29. The topological polar surface area (TPSA) is 93.9 Å². The molecule has 35 heavy (non-hydrogen) atoms. The average Bonchev–Trinajstić information content (AvgIpc) is 3.37. The monoisotopic (exact) mass is 483 g/mol. The molecule has 1 amide bonds. The van der Waals surface area contributed by atoms with E-state index in [9.17, 15) is 9.59 Å². The van der Waals surface area contributed by atoms with Crippen molar-refractivity contribution in [3.8, 4) is 22.8 Å². The number of nitrogens with zero attached hydrogens (tertiary/aromatic N) is 2. The molecule has 1 aromatic heterocycles. The highest BCUT2D eigenvalue weighted by atomic mass is 16.6. The molecule has 1 atom stereocenters. The molecule has 1 N–H and O–H groups in total. The van der Waals surface area contributed by atoms with Crippen molar-refractivity contribution in [3.63, 3.8) is 0 Å². The molecule has 1 aromatic carbocycles. The zero-order chi connectivity index (χ0) is 24.6. The van der Waals surface area contributed by atoms with Crippen LogP contribution in [-0.2, 0) is 9.59 Å². The molecule has 1 saturated heterocycles. The summed E-state index contributed by atoms with van der Waals surface area (Å²) >= 11 is 0. The number of rotatable bonds is 11. The number of hydrogen-bond acceptors (Lipinski definition) is 7. The molecule has 0 saturated carbocycles. The summed E-state index contributed by atoms with van der Waals surface area (Å²) in [6.07, 6.45) is 8.01. The van der Waals surface area contributed by atoms with E-state index >= 15 is 0 Å². The van der Waals surface area contributed by atoms with Crippen LogP contribution in [0.3, 0.4) is 0 Å². The number of aromatic nitrogens is 1. The van der Waals surface area contributed by atoms with Gasteiger partial charge in [-0.3, -0.25) is 9.59 Å². The van der Waals surface area contributed by atoms with Gasteiger partial charge in [-0.2, -0.15) is 0 Å². The summed E-state index contributed by atoms with van der Waals surface area (Å²) in [4.78, 5) is 31.5. The number of hydrogen-bond donors (Lipinski definition) is 1. The number of amides is 1. The number of unbranched alkanes of at least 4 members (excludes halogenated alkanes) is 2. The maximum atomic E-state index is 13.1. The standard InChI is InChI=1S/C27H37N3O5/c1-3-20(31)8-5-4-6-10-22(29-26(32)19-12-14-30(2)15-13-19)27-28-18-24(35-27)21-9-7-11-23-25(21)34-17-16-33-23/h7,9,11,18-19,22H,3-6,8,10,12-17H2,1-2H3,(H,29,32). The summed E-state index contributed by atoms with van der Waals surface area (Å²) in [5.41, 5.74) is 0.791. The van der Waals surface area contributed by atoms with Gasteiger partial charge >= 0.3 is 0 Å². The van der Waals surface area contributed by atoms with Crippen molar-refractivity contribution < 1.29 is 23.5 Å². The van der Waals surface area contributed by atoms with Crippen LogP contribution >= 0.6 is 0 Å². The Morgan fingerprint density at radius 2 is 1.94 bits per heavy atom. The molecule has 0 aliphatic carbocycles. The molecule has 0 spiro atoms. The Balaban J connectivity index is 1.46.